The molecule has 106 valence electrons. The molecular formula is C13H13ClN2O3S. The van der Waals surface area contributed by atoms with Gasteiger partial charge in [0.05, 0.1) is 17.0 Å². The zero-order valence-corrected chi connectivity index (χ0v) is 12.6. The summed E-state index contributed by atoms with van der Waals surface area (Å²) in [6.07, 6.45) is 5.15. The van der Waals surface area contributed by atoms with Crippen molar-refractivity contribution in [2.45, 2.75) is 17.9 Å². The van der Waals surface area contributed by atoms with Crippen LogP contribution in [0, 0.1) is 0 Å². The zero-order chi connectivity index (χ0) is 14.5. The van der Waals surface area contributed by atoms with E-state index in [4.69, 9.17) is 16.3 Å². The molecule has 1 aliphatic heterocycles. The summed E-state index contributed by atoms with van der Waals surface area (Å²) < 4.78 is 10.1. The van der Waals surface area contributed by atoms with Crippen LogP contribution in [-0.2, 0) is 14.3 Å². The molecule has 0 saturated carbocycles. The molecule has 0 N–H and O–H groups in total. The molecule has 0 radical (unpaired) electrons. The van der Waals surface area contributed by atoms with Gasteiger partial charge in [-0.2, -0.15) is 0 Å². The molecule has 1 unspecified atom stereocenters. The lowest BCUT2D eigenvalue weighted by Gasteiger charge is -2.07. The number of hydrogen-bond acceptors (Lipinski definition) is 6. The van der Waals surface area contributed by atoms with Gasteiger partial charge in [-0.25, -0.2) is 9.79 Å². The lowest BCUT2D eigenvalue weighted by Crippen LogP contribution is -2.21. The van der Waals surface area contributed by atoms with Gasteiger partial charge < -0.3 is 9.47 Å². The molecule has 1 atom stereocenters. The highest BCUT2D eigenvalue weighted by atomic mass is 35.5. The van der Waals surface area contributed by atoms with Crippen molar-refractivity contribution in [1.82, 2.24) is 4.98 Å². The average molecular weight is 313 g/mol. The van der Waals surface area contributed by atoms with E-state index in [0.717, 1.165) is 9.80 Å². The quantitative estimate of drug-likeness (QED) is 0.632. The van der Waals surface area contributed by atoms with Crippen LogP contribution < -0.4 is 0 Å². The van der Waals surface area contributed by atoms with Gasteiger partial charge in [0.15, 0.2) is 6.04 Å². The van der Waals surface area contributed by atoms with Crippen molar-refractivity contribution in [3.05, 3.63) is 34.5 Å². The summed E-state index contributed by atoms with van der Waals surface area (Å²) in [6, 6.07) is 1.11. The van der Waals surface area contributed by atoms with Gasteiger partial charge in [-0.1, -0.05) is 29.4 Å². The second-order valence-corrected chi connectivity index (χ2v) is 5.34. The minimum absolute atomic E-state index is 0.195. The van der Waals surface area contributed by atoms with Gasteiger partial charge in [-0.3, -0.25) is 4.98 Å². The SMILES string of the molecule is C/C=C(\Sc1cnccc1Cl)C1=NC(C(=O)OC)CO1. The number of rotatable bonds is 4. The Balaban J connectivity index is 2.15. The van der Waals surface area contributed by atoms with E-state index in [1.807, 2.05) is 13.0 Å². The number of halogens is 1. The third kappa shape index (κ3) is 3.32. The maximum Gasteiger partial charge on any atom is 0.334 e. The van der Waals surface area contributed by atoms with Gasteiger partial charge >= 0.3 is 5.97 Å². The van der Waals surface area contributed by atoms with Gasteiger partial charge in [-0.15, -0.1) is 0 Å². The zero-order valence-electron chi connectivity index (χ0n) is 11.0. The molecule has 0 spiro atoms. The van der Waals surface area contributed by atoms with Gasteiger partial charge in [0.25, 0.3) is 0 Å². The summed E-state index contributed by atoms with van der Waals surface area (Å²) in [4.78, 5) is 21.3. The van der Waals surface area contributed by atoms with Gasteiger partial charge in [0, 0.05) is 17.3 Å². The van der Waals surface area contributed by atoms with E-state index in [-0.39, 0.29) is 6.61 Å². The molecule has 20 heavy (non-hydrogen) atoms. The predicted octanol–water partition coefficient (Wildman–Crippen LogP) is 2.70. The fourth-order valence-electron chi connectivity index (χ4n) is 1.55. The Bertz CT molecular complexity index is 574. The molecule has 0 fully saturated rings. The molecule has 2 heterocycles. The number of thioether (sulfide) groups is 1. The summed E-state index contributed by atoms with van der Waals surface area (Å²) in [6.45, 7) is 2.06. The van der Waals surface area contributed by atoms with Crippen LogP contribution >= 0.6 is 23.4 Å². The average Bonchev–Trinajstić information content (AvgIpc) is 2.95. The van der Waals surface area contributed by atoms with Crippen molar-refractivity contribution in [2.24, 2.45) is 4.99 Å². The molecule has 0 saturated heterocycles. The summed E-state index contributed by atoms with van der Waals surface area (Å²) in [5.41, 5.74) is 0. The third-order valence-electron chi connectivity index (χ3n) is 2.55. The summed E-state index contributed by atoms with van der Waals surface area (Å²) >= 11 is 7.48. The number of esters is 1. The molecule has 1 aromatic rings. The molecule has 0 bridgehead atoms. The van der Waals surface area contributed by atoms with Crippen molar-refractivity contribution in [3.63, 3.8) is 0 Å². The number of carbonyl (C=O) groups is 1. The normalized spacial score (nSPS) is 18.4. The molecule has 1 aliphatic rings. The topological polar surface area (TPSA) is 60.8 Å². The van der Waals surface area contributed by atoms with Crippen LogP contribution in [0.4, 0.5) is 0 Å². The van der Waals surface area contributed by atoms with Gasteiger partial charge in [0.1, 0.15) is 6.61 Å². The first-order valence-electron chi connectivity index (χ1n) is 5.88. The molecule has 0 aromatic carbocycles. The predicted molar refractivity (Wildman–Crippen MR) is 78.1 cm³/mol. The number of carbonyl (C=O) groups excluding carboxylic acids is 1. The van der Waals surface area contributed by atoms with Crippen LogP contribution in [0.1, 0.15) is 6.92 Å². The van der Waals surface area contributed by atoms with Gasteiger partial charge in [0.2, 0.25) is 5.90 Å². The van der Waals surface area contributed by atoms with Crippen LogP contribution in [0.25, 0.3) is 0 Å². The van der Waals surface area contributed by atoms with Crippen molar-refractivity contribution >= 4 is 35.2 Å². The standard InChI is InChI=1S/C13H13ClN2O3S/c1-3-10(20-11-6-15-5-4-8(11)14)12-16-9(7-19-12)13(17)18-2/h3-6,9H,7H2,1-2H3/b10-3-. The Morgan fingerprint density at radius 3 is 3.10 bits per heavy atom. The Hall–Kier alpha value is -1.53. The molecule has 0 amide bonds. The fraction of sp³-hybridized carbons (Fsp3) is 0.308. The Labute approximate surface area is 126 Å². The Morgan fingerprint density at radius 2 is 2.45 bits per heavy atom. The fourth-order valence-corrected chi connectivity index (χ4v) is 2.60. The number of allylic oxidation sites excluding steroid dienone is 1. The van der Waals surface area contributed by atoms with Gasteiger partial charge in [-0.05, 0) is 13.0 Å². The maximum atomic E-state index is 11.4. The molecular weight excluding hydrogens is 300 g/mol. The lowest BCUT2D eigenvalue weighted by molar-refractivity contribution is -0.142. The highest BCUT2D eigenvalue weighted by Gasteiger charge is 2.28. The number of aromatic nitrogens is 1. The van der Waals surface area contributed by atoms with E-state index >= 15 is 0 Å². The second kappa shape index (κ2) is 6.76. The number of pyridine rings is 1. The molecule has 2 rings (SSSR count). The minimum Gasteiger partial charge on any atom is -0.474 e. The number of ether oxygens (including phenoxy) is 2. The van der Waals surface area contributed by atoms with E-state index in [2.05, 4.69) is 14.7 Å². The third-order valence-corrected chi connectivity index (χ3v) is 4.17. The van der Waals surface area contributed by atoms with Crippen LogP contribution in [0.5, 0.6) is 0 Å². The number of aliphatic imine (C=N–C) groups is 1. The monoisotopic (exact) mass is 312 g/mol. The smallest absolute Gasteiger partial charge is 0.334 e. The summed E-state index contributed by atoms with van der Waals surface area (Å²) in [5, 5.41) is 0.604. The number of hydrogen-bond donors (Lipinski definition) is 0. The van der Waals surface area contributed by atoms with E-state index in [9.17, 15) is 4.79 Å². The Kier molecular flexibility index (Phi) is 5.03. The van der Waals surface area contributed by atoms with Crippen molar-refractivity contribution in [2.75, 3.05) is 13.7 Å². The first-order chi connectivity index (χ1) is 9.65. The van der Waals surface area contributed by atoms with E-state index in [1.165, 1.54) is 18.9 Å². The first-order valence-corrected chi connectivity index (χ1v) is 7.07. The van der Waals surface area contributed by atoms with Crippen LogP contribution in [0.2, 0.25) is 5.02 Å². The highest BCUT2D eigenvalue weighted by molar-refractivity contribution is 8.04. The van der Waals surface area contributed by atoms with Crippen LogP contribution in [-0.4, -0.2) is 36.6 Å². The van der Waals surface area contributed by atoms with E-state index in [0.29, 0.717) is 10.9 Å². The largest absolute Gasteiger partial charge is 0.474 e. The molecule has 7 heteroatoms. The van der Waals surface area contributed by atoms with E-state index < -0.39 is 12.0 Å². The summed E-state index contributed by atoms with van der Waals surface area (Å²) in [7, 11) is 1.33. The molecule has 5 nitrogen and oxygen atoms in total. The summed E-state index contributed by atoms with van der Waals surface area (Å²) in [5.74, 6) is 0.0210. The molecule has 0 aliphatic carbocycles. The second-order valence-electron chi connectivity index (χ2n) is 3.85. The first kappa shape index (κ1) is 14.9. The van der Waals surface area contributed by atoms with Crippen molar-refractivity contribution in [1.29, 1.82) is 0 Å². The number of methoxy groups -OCH3 is 1. The maximum absolute atomic E-state index is 11.4. The lowest BCUT2D eigenvalue weighted by atomic mass is 10.3. The Morgan fingerprint density at radius 1 is 1.65 bits per heavy atom. The van der Waals surface area contributed by atoms with Crippen molar-refractivity contribution in [3.8, 4) is 0 Å². The van der Waals surface area contributed by atoms with Crippen molar-refractivity contribution < 1.29 is 14.3 Å². The highest BCUT2D eigenvalue weighted by Crippen LogP contribution is 2.33. The minimum atomic E-state index is -0.602. The molecule has 1 aromatic heterocycles. The number of nitrogens with zero attached hydrogens (tertiary/aromatic N) is 2. The van der Waals surface area contributed by atoms with Crippen LogP contribution in [0.3, 0.4) is 0 Å². The van der Waals surface area contributed by atoms with E-state index in [1.54, 1.807) is 18.5 Å². The van der Waals surface area contributed by atoms with Crippen LogP contribution in [0.15, 0.2) is 39.3 Å².